The lowest BCUT2D eigenvalue weighted by Crippen LogP contribution is -2.47. The van der Waals surface area contributed by atoms with Crippen LogP contribution in [0.5, 0.6) is 5.75 Å². The van der Waals surface area contributed by atoms with Crippen LogP contribution < -0.4 is 10.1 Å². The Labute approximate surface area is 166 Å². The standard InChI is InChI=1S/C21H16ClN3O3/c22-18-14(11-13-5-1-3-7-16(13)23-18)12-25-19(26)21(24-20(25)27)9-10-28-17-8-4-2-6-15(17)21/h1-8,11H,9-10,12H2,(H,24,27)/t21-/m1/s1. The fraction of sp³-hybridized carbons (Fsp3) is 0.190. The molecule has 1 atom stereocenters. The van der Waals surface area contributed by atoms with E-state index in [1.54, 1.807) is 0 Å². The van der Waals surface area contributed by atoms with Crippen molar-refractivity contribution in [3.63, 3.8) is 0 Å². The van der Waals surface area contributed by atoms with Gasteiger partial charge in [0.1, 0.15) is 10.9 Å². The molecule has 1 N–H and O–H groups in total. The lowest BCUT2D eigenvalue weighted by Gasteiger charge is -2.33. The zero-order valence-electron chi connectivity index (χ0n) is 14.8. The highest BCUT2D eigenvalue weighted by molar-refractivity contribution is 6.30. The van der Waals surface area contributed by atoms with E-state index in [1.807, 2.05) is 54.6 Å². The first-order chi connectivity index (χ1) is 13.6. The number of para-hydroxylation sites is 2. The Morgan fingerprint density at radius 2 is 1.93 bits per heavy atom. The van der Waals surface area contributed by atoms with Crippen LogP contribution in [-0.2, 0) is 16.9 Å². The molecule has 5 rings (SSSR count). The summed E-state index contributed by atoms with van der Waals surface area (Å²) in [5.41, 5.74) is 0.984. The van der Waals surface area contributed by atoms with Crippen molar-refractivity contribution in [2.45, 2.75) is 18.5 Å². The van der Waals surface area contributed by atoms with Crippen LogP contribution in [0.1, 0.15) is 17.5 Å². The Morgan fingerprint density at radius 1 is 1.14 bits per heavy atom. The molecule has 1 spiro atoms. The molecule has 140 valence electrons. The smallest absolute Gasteiger partial charge is 0.325 e. The first-order valence-electron chi connectivity index (χ1n) is 8.99. The number of amides is 3. The number of carbonyl (C=O) groups excluding carboxylic acids is 2. The summed E-state index contributed by atoms with van der Waals surface area (Å²) in [6.07, 6.45) is 0.384. The number of hydrogen-bond donors (Lipinski definition) is 1. The minimum absolute atomic E-state index is 0.0616. The average Bonchev–Trinajstić information content (AvgIpc) is 2.93. The second-order valence-corrected chi connectivity index (χ2v) is 7.31. The molecule has 7 heteroatoms. The van der Waals surface area contributed by atoms with E-state index in [9.17, 15) is 9.59 Å². The van der Waals surface area contributed by atoms with Crippen LogP contribution >= 0.6 is 11.6 Å². The van der Waals surface area contributed by atoms with Crippen molar-refractivity contribution in [2.24, 2.45) is 0 Å². The van der Waals surface area contributed by atoms with Gasteiger partial charge in [0.15, 0.2) is 5.54 Å². The molecule has 0 bridgehead atoms. The number of ether oxygens (including phenoxy) is 1. The van der Waals surface area contributed by atoms with Gasteiger partial charge < -0.3 is 10.1 Å². The second-order valence-electron chi connectivity index (χ2n) is 6.95. The second kappa shape index (κ2) is 6.21. The maximum atomic E-state index is 13.4. The van der Waals surface area contributed by atoms with E-state index in [1.165, 1.54) is 4.90 Å². The fourth-order valence-corrected chi connectivity index (χ4v) is 4.14. The number of rotatable bonds is 2. The molecule has 1 fully saturated rings. The van der Waals surface area contributed by atoms with E-state index in [0.717, 1.165) is 10.9 Å². The molecular formula is C21H16ClN3O3. The Hall–Kier alpha value is -3.12. The minimum Gasteiger partial charge on any atom is -0.493 e. The van der Waals surface area contributed by atoms with Gasteiger partial charge >= 0.3 is 6.03 Å². The van der Waals surface area contributed by atoms with Gasteiger partial charge in [0.25, 0.3) is 5.91 Å². The summed E-state index contributed by atoms with van der Waals surface area (Å²) >= 11 is 6.33. The highest BCUT2D eigenvalue weighted by atomic mass is 35.5. The third-order valence-electron chi connectivity index (χ3n) is 5.34. The summed E-state index contributed by atoms with van der Waals surface area (Å²) in [4.78, 5) is 31.7. The maximum Gasteiger partial charge on any atom is 0.325 e. The van der Waals surface area contributed by atoms with Crippen molar-refractivity contribution in [1.29, 1.82) is 0 Å². The van der Waals surface area contributed by atoms with E-state index in [4.69, 9.17) is 16.3 Å². The van der Waals surface area contributed by atoms with Gasteiger partial charge in [-0.2, -0.15) is 0 Å². The third kappa shape index (κ3) is 2.45. The van der Waals surface area contributed by atoms with Crippen LogP contribution in [0.25, 0.3) is 10.9 Å². The Morgan fingerprint density at radius 3 is 2.82 bits per heavy atom. The lowest BCUT2D eigenvalue weighted by molar-refractivity contribution is -0.133. The van der Waals surface area contributed by atoms with E-state index in [0.29, 0.717) is 29.9 Å². The number of carbonyl (C=O) groups is 2. The van der Waals surface area contributed by atoms with Crippen LogP contribution in [0.2, 0.25) is 5.15 Å². The van der Waals surface area contributed by atoms with Gasteiger partial charge in [-0.1, -0.05) is 48.0 Å². The monoisotopic (exact) mass is 393 g/mol. The third-order valence-corrected chi connectivity index (χ3v) is 5.66. The predicted molar refractivity (Wildman–Crippen MR) is 104 cm³/mol. The number of nitrogens with zero attached hydrogens (tertiary/aromatic N) is 2. The summed E-state index contributed by atoms with van der Waals surface area (Å²) in [7, 11) is 0. The number of pyridine rings is 1. The molecule has 2 aliphatic heterocycles. The van der Waals surface area contributed by atoms with E-state index >= 15 is 0 Å². The zero-order valence-corrected chi connectivity index (χ0v) is 15.6. The summed E-state index contributed by atoms with van der Waals surface area (Å²) in [5, 5.41) is 4.08. The van der Waals surface area contributed by atoms with Gasteiger partial charge in [0, 0.05) is 22.9 Å². The quantitative estimate of drug-likeness (QED) is 0.533. The normalized spacial score (nSPS) is 21.0. The molecule has 2 aliphatic rings. The first kappa shape index (κ1) is 17.0. The molecule has 0 saturated carbocycles. The molecule has 28 heavy (non-hydrogen) atoms. The predicted octanol–water partition coefficient (Wildman–Crippen LogP) is 3.62. The van der Waals surface area contributed by atoms with E-state index < -0.39 is 11.6 Å². The van der Waals surface area contributed by atoms with Crippen molar-refractivity contribution in [2.75, 3.05) is 6.61 Å². The molecule has 3 aromatic rings. The Bertz CT molecular complexity index is 1130. The number of urea groups is 1. The van der Waals surface area contributed by atoms with Crippen molar-refractivity contribution >= 4 is 34.4 Å². The number of hydrogen-bond acceptors (Lipinski definition) is 4. The van der Waals surface area contributed by atoms with E-state index in [-0.39, 0.29) is 17.6 Å². The van der Waals surface area contributed by atoms with E-state index in [2.05, 4.69) is 10.3 Å². The van der Waals surface area contributed by atoms with Gasteiger partial charge in [-0.3, -0.25) is 9.69 Å². The fourth-order valence-electron chi connectivity index (χ4n) is 3.93. The molecule has 3 amide bonds. The highest BCUT2D eigenvalue weighted by Gasteiger charge is 2.54. The van der Waals surface area contributed by atoms with Crippen molar-refractivity contribution in [3.05, 3.63) is 70.9 Å². The number of aromatic nitrogens is 1. The van der Waals surface area contributed by atoms with Crippen LogP contribution in [0, 0.1) is 0 Å². The Balaban J connectivity index is 1.52. The van der Waals surface area contributed by atoms with Gasteiger partial charge in [0.05, 0.1) is 18.7 Å². The molecule has 1 saturated heterocycles. The van der Waals surface area contributed by atoms with Crippen LogP contribution in [0.15, 0.2) is 54.6 Å². The summed E-state index contributed by atoms with van der Waals surface area (Å²) < 4.78 is 5.66. The highest BCUT2D eigenvalue weighted by Crippen LogP contribution is 2.41. The molecular weight excluding hydrogens is 378 g/mol. The molecule has 2 aromatic carbocycles. The van der Waals surface area contributed by atoms with Gasteiger partial charge in [-0.15, -0.1) is 0 Å². The lowest BCUT2D eigenvalue weighted by atomic mass is 9.84. The largest absolute Gasteiger partial charge is 0.493 e. The van der Waals surface area contributed by atoms with Crippen LogP contribution in [0.3, 0.4) is 0 Å². The number of nitrogens with one attached hydrogen (secondary N) is 1. The molecule has 0 radical (unpaired) electrons. The first-order valence-corrected chi connectivity index (χ1v) is 9.37. The topological polar surface area (TPSA) is 71.5 Å². The van der Waals surface area contributed by atoms with Gasteiger partial charge in [-0.25, -0.2) is 9.78 Å². The van der Waals surface area contributed by atoms with Crippen molar-refractivity contribution in [1.82, 2.24) is 15.2 Å². The molecule has 6 nitrogen and oxygen atoms in total. The molecule has 1 aromatic heterocycles. The Kier molecular flexibility index (Phi) is 3.77. The van der Waals surface area contributed by atoms with Crippen molar-refractivity contribution < 1.29 is 14.3 Å². The number of halogens is 1. The van der Waals surface area contributed by atoms with Gasteiger partial charge in [-0.05, 0) is 18.2 Å². The van der Waals surface area contributed by atoms with Gasteiger partial charge in [0.2, 0.25) is 0 Å². The maximum absolute atomic E-state index is 13.4. The number of fused-ring (bicyclic) bond motifs is 3. The van der Waals surface area contributed by atoms with Crippen LogP contribution in [-0.4, -0.2) is 28.4 Å². The molecule has 0 aliphatic carbocycles. The number of benzene rings is 2. The minimum atomic E-state index is -1.09. The summed E-state index contributed by atoms with van der Waals surface area (Å²) in [6.45, 7) is 0.418. The summed E-state index contributed by atoms with van der Waals surface area (Å²) in [6, 6.07) is 16.3. The van der Waals surface area contributed by atoms with Crippen LogP contribution in [0.4, 0.5) is 4.79 Å². The summed E-state index contributed by atoms with van der Waals surface area (Å²) in [5.74, 6) is 0.326. The zero-order chi connectivity index (χ0) is 19.3. The SMILES string of the molecule is O=C1N[C@@]2(CCOc3ccccc32)C(=O)N1Cc1cc2ccccc2nc1Cl. The molecule has 3 heterocycles. The van der Waals surface area contributed by atoms with Crippen molar-refractivity contribution in [3.8, 4) is 5.75 Å². The molecule has 0 unspecified atom stereocenters. The average molecular weight is 394 g/mol. The number of imide groups is 1.